The summed E-state index contributed by atoms with van der Waals surface area (Å²) in [5, 5.41) is 11.2. The molecule has 3 rings (SSSR count). The van der Waals surface area contributed by atoms with Crippen molar-refractivity contribution in [2.75, 3.05) is 24.5 Å². The number of aliphatic carboxylic acids is 1. The summed E-state index contributed by atoms with van der Waals surface area (Å²) in [5.74, 6) is 0.0738. The van der Waals surface area contributed by atoms with Crippen LogP contribution in [0, 0.1) is 0 Å². The second-order valence-electron chi connectivity index (χ2n) is 6.67. The number of thioether (sulfide) groups is 1. The fourth-order valence-electron chi connectivity index (χ4n) is 2.86. The normalized spacial score (nSPS) is 16.6. The lowest BCUT2D eigenvalue weighted by atomic mass is 10.2. The SMILES string of the molecule is CC(=O)O.CC1CNCCN1c1ccc(C(F)(F)F)c(SCc2ccccc2Cl)n1. The molecule has 0 amide bonds. The molecule has 30 heavy (non-hydrogen) atoms. The number of anilines is 1. The van der Waals surface area contributed by atoms with Gasteiger partial charge in [-0.3, -0.25) is 4.79 Å². The highest BCUT2D eigenvalue weighted by Gasteiger charge is 2.35. The van der Waals surface area contributed by atoms with Crippen molar-refractivity contribution >= 4 is 35.1 Å². The van der Waals surface area contributed by atoms with Crippen molar-refractivity contribution in [2.45, 2.75) is 36.8 Å². The quantitative estimate of drug-likeness (QED) is 0.629. The van der Waals surface area contributed by atoms with Gasteiger partial charge in [0.2, 0.25) is 0 Å². The summed E-state index contributed by atoms with van der Waals surface area (Å²) >= 11 is 7.18. The first-order chi connectivity index (χ1) is 14.1. The first-order valence-corrected chi connectivity index (χ1v) is 10.6. The van der Waals surface area contributed by atoms with Crippen molar-refractivity contribution in [3.63, 3.8) is 0 Å². The second-order valence-corrected chi connectivity index (χ2v) is 8.04. The summed E-state index contributed by atoms with van der Waals surface area (Å²) in [6.45, 7) is 5.40. The number of nitrogens with one attached hydrogen (secondary N) is 1. The highest BCUT2D eigenvalue weighted by molar-refractivity contribution is 7.98. The van der Waals surface area contributed by atoms with E-state index in [0.717, 1.165) is 43.4 Å². The van der Waals surface area contributed by atoms with Gasteiger partial charge in [0, 0.05) is 43.4 Å². The van der Waals surface area contributed by atoms with Crippen molar-refractivity contribution in [3.05, 3.63) is 52.5 Å². The van der Waals surface area contributed by atoms with Crippen molar-refractivity contribution in [1.29, 1.82) is 0 Å². The van der Waals surface area contributed by atoms with E-state index < -0.39 is 17.7 Å². The fourth-order valence-corrected chi connectivity index (χ4v) is 4.18. The van der Waals surface area contributed by atoms with Crippen LogP contribution in [0.5, 0.6) is 0 Å². The molecule has 0 aliphatic carbocycles. The Labute approximate surface area is 182 Å². The number of rotatable bonds is 4. The highest BCUT2D eigenvalue weighted by Crippen LogP contribution is 2.38. The average molecular weight is 462 g/mol. The number of carbonyl (C=O) groups is 1. The number of hydrogen-bond donors (Lipinski definition) is 2. The van der Waals surface area contributed by atoms with Gasteiger partial charge in [-0.05, 0) is 30.7 Å². The second kappa shape index (κ2) is 10.9. The minimum atomic E-state index is -4.44. The smallest absolute Gasteiger partial charge is 0.419 e. The molecule has 0 radical (unpaired) electrons. The molecular weight excluding hydrogens is 439 g/mol. The maximum absolute atomic E-state index is 13.4. The standard InChI is InChI=1S/C18H19ClF3N3S.C2H4O2/c1-12-10-23-8-9-25(12)16-7-6-14(18(20,21)22)17(24-16)26-11-13-4-2-3-5-15(13)19;1-2(3)4/h2-7,12,23H,8-11H2,1H3;1H3,(H,3,4). The topological polar surface area (TPSA) is 65.5 Å². The van der Waals surface area contributed by atoms with Gasteiger partial charge in [0.1, 0.15) is 10.8 Å². The molecule has 5 nitrogen and oxygen atoms in total. The lowest BCUT2D eigenvalue weighted by Gasteiger charge is -2.35. The summed E-state index contributed by atoms with van der Waals surface area (Å²) in [4.78, 5) is 15.4. The first kappa shape index (κ1) is 24.3. The van der Waals surface area contributed by atoms with Crippen LogP contribution in [0.2, 0.25) is 5.02 Å². The van der Waals surface area contributed by atoms with Crippen LogP contribution in [-0.2, 0) is 16.7 Å². The number of hydrogen-bond acceptors (Lipinski definition) is 5. The molecule has 2 heterocycles. The van der Waals surface area contributed by atoms with Crippen LogP contribution >= 0.6 is 23.4 Å². The third-order valence-corrected chi connectivity index (χ3v) is 5.68. The van der Waals surface area contributed by atoms with E-state index in [1.54, 1.807) is 12.1 Å². The molecule has 1 aliphatic rings. The van der Waals surface area contributed by atoms with Gasteiger partial charge in [-0.2, -0.15) is 13.2 Å². The number of pyridine rings is 1. The maximum atomic E-state index is 13.4. The summed E-state index contributed by atoms with van der Waals surface area (Å²) in [6.07, 6.45) is -4.44. The predicted octanol–water partition coefficient (Wildman–Crippen LogP) is 4.94. The van der Waals surface area contributed by atoms with Crippen molar-refractivity contribution in [2.24, 2.45) is 0 Å². The van der Waals surface area contributed by atoms with Crippen LogP contribution in [0.4, 0.5) is 19.0 Å². The molecule has 2 aromatic rings. The Balaban J connectivity index is 0.000000735. The van der Waals surface area contributed by atoms with Crippen LogP contribution in [0.1, 0.15) is 25.0 Å². The Morgan fingerprint density at radius 1 is 1.33 bits per heavy atom. The molecule has 0 saturated carbocycles. The van der Waals surface area contributed by atoms with E-state index in [-0.39, 0.29) is 11.1 Å². The molecule has 1 aliphatic heterocycles. The zero-order valence-electron chi connectivity index (χ0n) is 16.5. The Bertz CT molecular complexity index is 863. The number of alkyl halides is 3. The Kier molecular flexibility index (Phi) is 8.81. The molecule has 1 aromatic heterocycles. The van der Waals surface area contributed by atoms with Crippen LogP contribution < -0.4 is 10.2 Å². The predicted molar refractivity (Wildman–Crippen MR) is 113 cm³/mol. The molecule has 1 fully saturated rings. The van der Waals surface area contributed by atoms with E-state index in [2.05, 4.69) is 10.3 Å². The Morgan fingerprint density at radius 3 is 2.60 bits per heavy atom. The number of halogens is 4. The monoisotopic (exact) mass is 461 g/mol. The molecule has 1 unspecified atom stereocenters. The van der Waals surface area contributed by atoms with Gasteiger partial charge >= 0.3 is 6.18 Å². The maximum Gasteiger partial charge on any atom is 0.419 e. The number of benzene rings is 1. The van der Waals surface area contributed by atoms with Crippen molar-refractivity contribution in [1.82, 2.24) is 10.3 Å². The highest BCUT2D eigenvalue weighted by atomic mass is 35.5. The summed E-state index contributed by atoms with van der Waals surface area (Å²) in [6, 6.07) is 9.92. The summed E-state index contributed by atoms with van der Waals surface area (Å²) in [5.41, 5.74) is 0.0797. The molecule has 0 bridgehead atoms. The third kappa shape index (κ3) is 7.07. The minimum absolute atomic E-state index is 0.0133. The van der Waals surface area contributed by atoms with Crippen LogP contribution in [0.3, 0.4) is 0 Å². The van der Waals surface area contributed by atoms with E-state index in [4.69, 9.17) is 21.5 Å². The van der Waals surface area contributed by atoms with Crippen molar-refractivity contribution in [3.8, 4) is 0 Å². The van der Waals surface area contributed by atoms with E-state index in [0.29, 0.717) is 23.1 Å². The van der Waals surface area contributed by atoms with Gasteiger partial charge in [-0.1, -0.05) is 29.8 Å². The van der Waals surface area contributed by atoms with Gasteiger partial charge in [-0.15, -0.1) is 11.8 Å². The largest absolute Gasteiger partial charge is 0.481 e. The van der Waals surface area contributed by atoms with E-state index in [1.807, 2.05) is 24.0 Å². The Morgan fingerprint density at radius 2 is 2.00 bits per heavy atom. The van der Waals surface area contributed by atoms with Gasteiger partial charge < -0.3 is 15.3 Å². The summed E-state index contributed by atoms with van der Waals surface area (Å²) < 4.78 is 40.2. The molecule has 164 valence electrons. The van der Waals surface area contributed by atoms with Crippen LogP contribution in [0.15, 0.2) is 41.4 Å². The van der Waals surface area contributed by atoms with Crippen LogP contribution in [0.25, 0.3) is 0 Å². The number of aromatic nitrogens is 1. The van der Waals surface area contributed by atoms with E-state index in [9.17, 15) is 13.2 Å². The average Bonchev–Trinajstić information content (AvgIpc) is 2.66. The molecule has 1 saturated heterocycles. The molecule has 2 N–H and O–H groups in total. The molecule has 10 heteroatoms. The third-order valence-electron chi connectivity index (χ3n) is 4.27. The fraction of sp³-hybridized carbons (Fsp3) is 0.400. The minimum Gasteiger partial charge on any atom is -0.481 e. The number of piperazine rings is 1. The number of nitrogens with zero attached hydrogens (tertiary/aromatic N) is 2. The van der Waals surface area contributed by atoms with E-state index in [1.165, 1.54) is 6.07 Å². The van der Waals surface area contributed by atoms with Gasteiger partial charge in [0.25, 0.3) is 5.97 Å². The zero-order chi connectivity index (χ0) is 22.3. The van der Waals surface area contributed by atoms with Gasteiger partial charge in [0.15, 0.2) is 0 Å². The molecule has 1 aromatic carbocycles. The molecule has 0 spiro atoms. The number of carboxylic acids is 1. The summed E-state index contributed by atoms with van der Waals surface area (Å²) in [7, 11) is 0. The molecule has 1 atom stereocenters. The lowest BCUT2D eigenvalue weighted by molar-refractivity contribution is -0.140. The van der Waals surface area contributed by atoms with Gasteiger partial charge in [0.05, 0.1) is 5.56 Å². The first-order valence-electron chi connectivity index (χ1n) is 9.21. The van der Waals surface area contributed by atoms with E-state index >= 15 is 0 Å². The zero-order valence-corrected chi connectivity index (χ0v) is 18.1. The van der Waals surface area contributed by atoms with Gasteiger partial charge in [-0.25, -0.2) is 4.98 Å². The van der Waals surface area contributed by atoms with Crippen LogP contribution in [-0.4, -0.2) is 41.7 Å². The van der Waals surface area contributed by atoms with Crippen molar-refractivity contribution < 1.29 is 23.1 Å². The lowest BCUT2D eigenvalue weighted by Crippen LogP contribution is -2.50. The molecular formula is C20H23ClF3N3O2S. The Hall–Kier alpha value is -1.97. The number of carboxylic acid groups (broad SMARTS) is 1.